The molecule has 0 aromatic carbocycles. The quantitative estimate of drug-likeness (QED) is 0.801. The van der Waals surface area contributed by atoms with E-state index < -0.39 is 0 Å². The zero-order valence-electron chi connectivity index (χ0n) is 13.2. The van der Waals surface area contributed by atoms with Gasteiger partial charge in [0, 0.05) is 30.7 Å². The first kappa shape index (κ1) is 15.3. The molecule has 0 aromatic rings. The highest BCUT2D eigenvalue weighted by Crippen LogP contribution is 2.42. The van der Waals surface area contributed by atoms with Crippen LogP contribution >= 0.6 is 0 Å². The van der Waals surface area contributed by atoms with Crippen molar-refractivity contribution < 1.29 is 4.74 Å². The molecule has 112 valence electrons. The van der Waals surface area contributed by atoms with Gasteiger partial charge in [-0.3, -0.25) is 4.90 Å². The van der Waals surface area contributed by atoms with Crippen molar-refractivity contribution in [2.45, 2.75) is 71.6 Å². The molecule has 0 spiro atoms. The molecule has 1 saturated heterocycles. The molecule has 1 heterocycles. The molecule has 2 fully saturated rings. The third kappa shape index (κ3) is 3.50. The summed E-state index contributed by atoms with van der Waals surface area (Å²) in [6, 6.07) is 1.29. The largest absolute Gasteiger partial charge is 0.378 e. The summed E-state index contributed by atoms with van der Waals surface area (Å²) in [6.07, 6.45) is 5.80. The molecule has 1 aliphatic carbocycles. The smallest absolute Gasteiger partial charge is 0.0655 e. The lowest BCUT2D eigenvalue weighted by molar-refractivity contribution is -0.114. The Bertz CT molecular complexity index is 274. The van der Waals surface area contributed by atoms with E-state index in [9.17, 15) is 0 Å². The van der Waals surface area contributed by atoms with Crippen LogP contribution in [-0.2, 0) is 4.74 Å². The van der Waals surface area contributed by atoms with Crippen LogP contribution in [0.25, 0.3) is 0 Å². The van der Waals surface area contributed by atoms with Gasteiger partial charge in [-0.15, -0.1) is 0 Å². The Labute approximate surface area is 119 Å². The van der Waals surface area contributed by atoms with Gasteiger partial charge in [-0.25, -0.2) is 0 Å². The van der Waals surface area contributed by atoms with Crippen LogP contribution in [0.1, 0.15) is 53.4 Å². The van der Waals surface area contributed by atoms with E-state index in [-0.39, 0.29) is 5.41 Å². The second-order valence-electron chi connectivity index (χ2n) is 6.91. The normalized spacial score (nSPS) is 32.8. The predicted octanol–water partition coefficient (Wildman–Crippen LogP) is 2.65. The SMILES string of the molecule is CCOC1CC(NCC(C)N2CCCCC2)C1(C)C. The van der Waals surface area contributed by atoms with Gasteiger partial charge in [0.05, 0.1) is 6.10 Å². The number of ether oxygens (including phenoxy) is 1. The minimum absolute atomic E-state index is 0.289. The molecule has 3 unspecified atom stereocenters. The summed E-state index contributed by atoms with van der Waals surface area (Å²) in [5.41, 5.74) is 0.289. The van der Waals surface area contributed by atoms with Gasteiger partial charge in [-0.05, 0) is 46.2 Å². The molecule has 0 radical (unpaired) electrons. The minimum Gasteiger partial charge on any atom is -0.378 e. The van der Waals surface area contributed by atoms with Crippen molar-refractivity contribution in [1.82, 2.24) is 10.2 Å². The van der Waals surface area contributed by atoms with Crippen molar-refractivity contribution >= 4 is 0 Å². The third-order valence-electron chi connectivity index (χ3n) is 5.22. The maximum Gasteiger partial charge on any atom is 0.0655 e. The van der Waals surface area contributed by atoms with Crippen molar-refractivity contribution in [3.05, 3.63) is 0 Å². The van der Waals surface area contributed by atoms with Gasteiger partial charge in [0.15, 0.2) is 0 Å². The standard InChI is InChI=1S/C16H32N2O/c1-5-19-15-11-14(16(15,3)4)17-12-13(2)18-9-7-6-8-10-18/h13-15,17H,5-12H2,1-4H3. The maximum atomic E-state index is 5.80. The van der Waals surface area contributed by atoms with E-state index in [0.717, 1.165) is 13.2 Å². The Hall–Kier alpha value is -0.120. The van der Waals surface area contributed by atoms with Gasteiger partial charge in [0.2, 0.25) is 0 Å². The topological polar surface area (TPSA) is 24.5 Å². The lowest BCUT2D eigenvalue weighted by Gasteiger charge is -2.52. The number of rotatable bonds is 6. The van der Waals surface area contributed by atoms with Crippen LogP contribution in [0.15, 0.2) is 0 Å². The molecule has 3 nitrogen and oxygen atoms in total. The average molecular weight is 268 g/mol. The maximum absolute atomic E-state index is 5.80. The van der Waals surface area contributed by atoms with E-state index in [2.05, 4.69) is 37.9 Å². The van der Waals surface area contributed by atoms with Crippen molar-refractivity contribution in [1.29, 1.82) is 0 Å². The molecule has 19 heavy (non-hydrogen) atoms. The molecular formula is C16H32N2O. The number of piperidine rings is 1. The van der Waals surface area contributed by atoms with E-state index in [0.29, 0.717) is 18.2 Å². The molecule has 3 heteroatoms. The fraction of sp³-hybridized carbons (Fsp3) is 1.00. The van der Waals surface area contributed by atoms with Gasteiger partial charge in [-0.2, -0.15) is 0 Å². The van der Waals surface area contributed by atoms with Crippen LogP contribution < -0.4 is 5.32 Å². The summed E-state index contributed by atoms with van der Waals surface area (Å²) in [7, 11) is 0. The van der Waals surface area contributed by atoms with Crippen LogP contribution in [0.4, 0.5) is 0 Å². The third-order valence-corrected chi connectivity index (χ3v) is 5.22. The van der Waals surface area contributed by atoms with Gasteiger partial charge < -0.3 is 10.1 Å². The summed E-state index contributed by atoms with van der Waals surface area (Å²) in [5.74, 6) is 0. The van der Waals surface area contributed by atoms with Gasteiger partial charge in [-0.1, -0.05) is 20.3 Å². The number of likely N-dealkylation sites (tertiary alicyclic amines) is 1. The number of hydrogen-bond donors (Lipinski definition) is 1. The lowest BCUT2D eigenvalue weighted by atomic mass is 9.64. The zero-order valence-corrected chi connectivity index (χ0v) is 13.2. The summed E-state index contributed by atoms with van der Waals surface area (Å²) in [5, 5.41) is 3.77. The van der Waals surface area contributed by atoms with Gasteiger partial charge in [0.25, 0.3) is 0 Å². The molecule has 1 saturated carbocycles. The highest BCUT2D eigenvalue weighted by atomic mass is 16.5. The molecule has 0 bridgehead atoms. The molecule has 2 rings (SSSR count). The van der Waals surface area contributed by atoms with Gasteiger partial charge in [0.1, 0.15) is 0 Å². The Morgan fingerprint density at radius 1 is 1.26 bits per heavy atom. The predicted molar refractivity (Wildman–Crippen MR) is 80.5 cm³/mol. The highest BCUT2D eigenvalue weighted by Gasteiger charge is 2.48. The summed E-state index contributed by atoms with van der Waals surface area (Å²) >= 11 is 0. The number of nitrogens with zero attached hydrogens (tertiary/aromatic N) is 1. The summed E-state index contributed by atoms with van der Waals surface area (Å²) in [6.45, 7) is 13.7. The molecule has 1 aliphatic heterocycles. The number of nitrogens with one attached hydrogen (secondary N) is 1. The molecule has 0 amide bonds. The monoisotopic (exact) mass is 268 g/mol. The van der Waals surface area contributed by atoms with E-state index in [1.54, 1.807) is 0 Å². The highest BCUT2D eigenvalue weighted by molar-refractivity contribution is 5.03. The number of hydrogen-bond acceptors (Lipinski definition) is 3. The molecule has 3 atom stereocenters. The Morgan fingerprint density at radius 2 is 1.95 bits per heavy atom. The van der Waals surface area contributed by atoms with Crippen LogP contribution in [0.3, 0.4) is 0 Å². The Kier molecular flexibility index (Phi) is 5.27. The van der Waals surface area contributed by atoms with Crippen molar-refractivity contribution in [2.75, 3.05) is 26.2 Å². The van der Waals surface area contributed by atoms with Crippen molar-refractivity contribution in [3.63, 3.8) is 0 Å². The molecule has 0 aromatic heterocycles. The van der Waals surface area contributed by atoms with E-state index in [1.165, 1.54) is 38.8 Å². The minimum atomic E-state index is 0.289. The Balaban J connectivity index is 1.71. The Morgan fingerprint density at radius 3 is 2.53 bits per heavy atom. The van der Waals surface area contributed by atoms with E-state index in [1.807, 2.05) is 0 Å². The van der Waals surface area contributed by atoms with Crippen LogP contribution in [0, 0.1) is 5.41 Å². The van der Waals surface area contributed by atoms with Crippen LogP contribution in [0.5, 0.6) is 0 Å². The van der Waals surface area contributed by atoms with Crippen molar-refractivity contribution in [3.8, 4) is 0 Å². The first-order valence-electron chi connectivity index (χ1n) is 8.14. The van der Waals surface area contributed by atoms with Crippen LogP contribution in [0.2, 0.25) is 0 Å². The van der Waals surface area contributed by atoms with Crippen molar-refractivity contribution in [2.24, 2.45) is 5.41 Å². The first-order chi connectivity index (χ1) is 9.05. The average Bonchev–Trinajstić information content (AvgIpc) is 2.42. The fourth-order valence-electron chi connectivity index (χ4n) is 3.52. The second kappa shape index (κ2) is 6.55. The van der Waals surface area contributed by atoms with Gasteiger partial charge >= 0.3 is 0 Å². The first-order valence-corrected chi connectivity index (χ1v) is 8.14. The summed E-state index contributed by atoms with van der Waals surface area (Å²) < 4.78 is 5.80. The van der Waals surface area contributed by atoms with Crippen LogP contribution in [-0.4, -0.2) is 49.3 Å². The summed E-state index contributed by atoms with van der Waals surface area (Å²) in [4.78, 5) is 2.64. The fourth-order valence-corrected chi connectivity index (χ4v) is 3.52. The zero-order chi connectivity index (χ0) is 13.9. The second-order valence-corrected chi connectivity index (χ2v) is 6.91. The lowest BCUT2D eigenvalue weighted by Crippen LogP contribution is -2.62. The van der Waals surface area contributed by atoms with E-state index >= 15 is 0 Å². The molecule has 1 N–H and O–H groups in total. The molecule has 2 aliphatic rings. The molecular weight excluding hydrogens is 236 g/mol. The van der Waals surface area contributed by atoms with E-state index in [4.69, 9.17) is 4.74 Å².